The maximum Gasteiger partial charge on any atom is 0.405 e. The number of hydrogen-bond donors (Lipinski definition) is 0. The second-order valence-electron chi connectivity index (χ2n) is 4.62. The van der Waals surface area contributed by atoms with Gasteiger partial charge in [-0.1, -0.05) is 6.92 Å². The first-order chi connectivity index (χ1) is 7.77. The number of piperazine rings is 1. The molecule has 100 valence electrons. The Labute approximate surface area is 99.6 Å². The van der Waals surface area contributed by atoms with E-state index in [0.717, 1.165) is 0 Å². The Balaban J connectivity index is 2.77. The monoisotopic (exact) mass is 252 g/mol. The van der Waals surface area contributed by atoms with Crippen LogP contribution in [0.2, 0.25) is 0 Å². The number of hydrogen-bond acceptors (Lipinski definition) is 2. The molecule has 6 heteroatoms. The first-order valence-corrected chi connectivity index (χ1v) is 5.83. The van der Waals surface area contributed by atoms with E-state index in [2.05, 4.69) is 0 Å². The minimum atomic E-state index is -4.28. The predicted molar refractivity (Wildman–Crippen MR) is 58.6 cm³/mol. The molecule has 0 N–H and O–H groups in total. The minimum absolute atomic E-state index is 0.179. The van der Waals surface area contributed by atoms with Crippen LogP contribution >= 0.6 is 0 Å². The molecular formula is C11H19F3N2O. The molecule has 1 aliphatic heterocycles. The zero-order valence-corrected chi connectivity index (χ0v) is 10.4. The number of amides is 1. The van der Waals surface area contributed by atoms with Gasteiger partial charge in [0.05, 0.1) is 0 Å². The number of halogens is 3. The van der Waals surface area contributed by atoms with Gasteiger partial charge in [0.2, 0.25) is 5.91 Å². The average molecular weight is 252 g/mol. The number of rotatable bonds is 2. The van der Waals surface area contributed by atoms with Gasteiger partial charge in [0.25, 0.3) is 0 Å². The van der Waals surface area contributed by atoms with Gasteiger partial charge >= 0.3 is 6.18 Å². The fourth-order valence-corrected chi connectivity index (χ4v) is 2.08. The lowest BCUT2D eigenvalue weighted by Crippen LogP contribution is -2.62. The van der Waals surface area contributed by atoms with Gasteiger partial charge in [0, 0.05) is 25.6 Å². The van der Waals surface area contributed by atoms with Crippen molar-refractivity contribution in [2.45, 2.75) is 44.9 Å². The molecule has 1 saturated heterocycles. The molecule has 1 fully saturated rings. The summed E-state index contributed by atoms with van der Waals surface area (Å²) in [7, 11) is 1.46. The highest BCUT2D eigenvalue weighted by atomic mass is 19.4. The Hall–Kier alpha value is -0.780. The summed E-state index contributed by atoms with van der Waals surface area (Å²) in [5.41, 5.74) is 0. The molecule has 0 spiro atoms. The molecule has 17 heavy (non-hydrogen) atoms. The second kappa shape index (κ2) is 5.25. The second-order valence-corrected chi connectivity index (χ2v) is 4.62. The Morgan fingerprint density at radius 2 is 1.94 bits per heavy atom. The van der Waals surface area contributed by atoms with Crippen LogP contribution in [0.15, 0.2) is 0 Å². The van der Waals surface area contributed by atoms with Crippen LogP contribution in [0.4, 0.5) is 13.2 Å². The summed E-state index contributed by atoms with van der Waals surface area (Å²) >= 11 is 0. The lowest BCUT2D eigenvalue weighted by atomic mass is 10.1. The smallest absolute Gasteiger partial charge is 0.339 e. The summed E-state index contributed by atoms with van der Waals surface area (Å²) in [5, 5.41) is 0. The quantitative estimate of drug-likeness (QED) is 0.749. The van der Waals surface area contributed by atoms with Crippen molar-refractivity contribution in [1.29, 1.82) is 0 Å². The highest BCUT2D eigenvalue weighted by Crippen LogP contribution is 2.29. The molecule has 1 amide bonds. The SMILES string of the molecule is CCCC(=O)N1CC(C)N(C)C(C(F)(F)F)C1. The maximum absolute atomic E-state index is 12.8. The van der Waals surface area contributed by atoms with Crippen molar-refractivity contribution in [1.82, 2.24) is 9.80 Å². The summed E-state index contributed by atoms with van der Waals surface area (Å²) in [4.78, 5) is 14.3. The number of likely N-dealkylation sites (N-methyl/N-ethyl adjacent to an activating group) is 1. The van der Waals surface area contributed by atoms with Gasteiger partial charge in [-0.2, -0.15) is 13.2 Å². The van der Waals surface area contributed by atoms with Crippen LogP contribution < -0.4 is 0 Å². The van der Waals surface area contributed by atoms with Crippen molar-refractivity contribution in [3.8, 4) is 0 Å². The van der Waals surface area contributed by atoms with E-state index in [1.807, 2.05) is 6.92 Å². The zero-order valence-electron chi connectivity index (χ0n) is 10.4. The lowest BCUT2D eigenvalue weighted by Gasteiger charge is -2.44. The van der Waals surface area contributed by atoms with Crippen LogP contribution in [0.5, 0.6) is 0 Å². The van der Waals surface area contributed by atoms with Crippen LogP contribution in [0.25, 0.3) is 0 Å². The van der Waals surface area contributed by atoms with Gasteiger partial charge in [-0.15, -0.1) is 0 Å². The summed E-state index contributed by atoms with van der Waals surface area (Å²) in [5.74, 6) is -0.179. The van der Waals surface area contributed by atoms with E-state index in [0.29, 0.717) is 19.4 Å². The molecule has 0 bridgehead atoms. The lowest BCUT2D eigenvalue weighted by molar-refractivity contribution is -0.201. The third-order valence-electron chi connectivity index (χ3n) is 3.26. The van der Waals surface area contributed by atoms with Crippen molar-refractivity contribution in [2.75, 3.05) is 20.1 Å². The molecule has 3 nitrogen and oxygen atoms in total. The van der Waals surface area contributed by atoms with Crippen LogP contribution in [0, 0.1) is 0 Å². The van der Waals surface area contributed by atoms with Crippen LogP contribution in [0.3, 0.4) is 0 Å². The summed E-state index contributed by atoms with van der Waals surface area (Å²) in [6.07, 6.45) is -3.30. The largest absolute Gasteiger partial charge is 0.405 e. The normalized spacial score (nSPS) is 27.3. The van der Waals surface area contributed by atoms with E-state index in [9.17, 15) is 18.0 Å². The van der Waals surface area contributed by atoms with Crippen molar-refractivity contribution < 1.29 is 18.0 Å². The van der Waals surface area contributed by atoms with E-state index in [4.69, 9.17) is 0 Å². The highest BCUT2D eigenvalue weighted by molar-refractivity contribution is 5.76. The molecule has 1 rings (SSSR count). The van der Waals surface area contributed by atoms with E-state index in [1.54, 1.807) is 6.92 Å². The molecule has 0 saturated carbocycles. The Morgan fingerprint density at radius 1 is 1.35 bits per heavy atom. The molecule has 2 unspecified atom stereocenters. The van der Waals surface area contributed by atoms with Crippen LogP contribution in [0.1, 0.15) is 26.7 Å². The van der Waals surface area contributed by atoms with E-state index in [-0.39, 0.29) is 18.5 Å². The third kappa shape index (κ3) is 3.34. The fraction of sp³-hybridized carbons (Fsp3) is 0.909. The van der Waals surface area contributed by atoms with Crippen LogP contribution in [-0.2, 0) is 4.79 Å². The van der Waals surface area contributed by atoms with Crippen molar-refractivity contribution in [3.05, 3.63) is 0 Å². The van der Waals surface area contributed by atoms with Crippen molar-refractivity contribution in [2.24, 2.45) is 0 Å². The first kappa shape index (κ1) is 14.3. The average Bonchev–Trinajstić information content (AvgIpc) is 2.20. The number of alkyl halides is 3. The Bertz CT molecular complexity index is 280. The molecule has 0 aromatic carbocycles. The number of carbonyl (C=O) groups excluding carboxylic acids is 1. The molecular weight excluding hydrogens is 233 g/mol. The third-order valence-corrected chi connectivity index (χ3v) is 3.26. The van der Waals surface area contributed by atoms with Crippen molar-refractivity contribution >= 4 is 5.91 Å². The van der Waals surface area contributed by atoms with E-state index < -0.39 is 12.2 Å². The summed E-state index contributed by atoms with van der Waals surface area (Å²) in [6, 6.07) is -1.82. The van der Waals surface area contributed by atoms with Gasteiger partial charge in [0.15, 0.2) is 0 Å². The Kier molecular flexibility index (Phi) is 4.41. The summed E-state index contributed by atoms with van der Waals surface area (Å²) in [6.45, 7) is 3.69. The maximum atomic E-state index is 12.8. The van der Waals surface area contributed by atoms with Crippen LogP contribution in [-0.4, -0.2) is 54.1 Å². The molecule has 1 heterocycles. The molecule has 1 aliphatic rings. The van der Waals surface area contributed by atoms with Gasteiger partial charge < -0.3 is 4.90 Å². The predicted octanol–water partition coefficient (Wildman–Crippen LogP) is 1.88. The topological polar surface area (TPSA) is 23.6 Å². The minimum Gasteiger partial charge on any atom is -0.339 e. The van der Waals surface area contributed by atoms with Gasteiger partial charge in [-0.3, -0.25) is 9.69 Å². The molecule has 0 aromatic heterocycles. The van der Waals surface area contributed by atoms with Gasteiger partial charge in [-0.25, -0.2) is 0 Å². The highest BCUT2D eigenvalue weighted by Gasteiger charge is 2.47. The molecule has 2 atom stereocenters. The van der Waals surface area contributed by atoms with Gasteiger partial charge in [0.1, 0.15) is 6.04 Å². The standard InChI is InChI=1S/C11H19F3N2O/c1-4-5-10(17)16-6-8(2)15(3)9(7-16)11(12,13)14/h8-9H,4-7H2,1-3H3. The number of nitrogens with zero attached hydrogens (tertiary/aromatic N) is 2. The summed E-state index contributed by atoms with van der Waals surface area (Å²) < 4.78 is 38.4. The molecule has 0 aromatic rings. The van der Waals surface area contributed by atoms with Crippen molar-refractivity contribution in [3.63, 3.8) is 0 Å². The Morgan fingerprint density at radius 3 is 2.41 bits per heavy atom. The first-order valence-electron chi connectivity index (χ1n) is 5.83. The van der Waals surface area contributed by atoms with E-state index >= 15 is 0 Å². The molecule has 0 aliphatic carbocycles. The zero-order chi connectivity index (χ0) is 13.2. The fourth-order valence-electron chi connectivity index (χ4n) is 2.08. The van der Waals surface area contributed by atoms with Gasteiger partial charge in [-0.05, 0) is 20.4 Å². The van der Waals surface area contributed by atoms with E-state index in [1.165, 1.54) is 16.8 Å². The molecule has 0 radical (unpaired) electrons. The number of carbonyl (C=O) groups is 1.